The quantitative estimate of drug-likeness (QED) is 0.716. The summed E-state index contributed by atoms with van der Waals surface area (Å²) in [5.74, 6) is 0. The SMILES string of the molecule is CN(C1CCNCC1)C1CCCCC1O. The van der Waals surface area contributed by atoms with E-state index in [9.17, 15) is 5.11 Å². The molecule has 3 heteroatoms. The number of piperidine rings is 1. The second-order valence-electron chi connectivity index (χ2n) is 5.07. The van der Waals surface area contributed by atoms with Gasteiger partial charge in [-0.2, -0.15) is 0 Å². The number of hydrogen-bond acceptors (Lipinski definition) is 3. The first kappa shape index (κ1) is 11.4. The molecule has 3 nitrogen and oxygen atoms in total. The molecular formula is C12H24N2O. The van der Waals surface area contributed by atoms with E-state index in [-0.39, 0.29) is 6.10 Å². The second kappa shape index (κ2) is 5.28. The largest absolute Gasteiger partial charge is 0.391 e. The van der Waals surface area contributed by atoms with E-state index in [1.165, 1.54) is 32.1 Å². The molecule has 0 aromatic heterocycles. The lowest BCUT2D eigenvalue weighted by Crippen LogP contribution is -2.51. The summed E-state index contributed by atoms with van der Waals surface area (Å²) < 4.78 is 0. The van der Waals surface area contributed by atoms with E-state index < -0.39 is 0 Å². The summed E-state index contributed by atoms with van der Waals surface area (Å²) in [4.78, 5) is 2.45. The summed E-state index contributed by atoms with van der Waals surface area (Å²) in [6.07, 6.45) is 7.06. The van der Waals surface area contributed by atoms with Gasteiger partial charge in [0.05, 0.1) is 6.10 Å². The Morgan fingerprint density at radius 3 is 2.40 bits per heavy atom. The van der Waals surface area contributed by atoms with Crippen molar-refractivity contribution in [3.05, 3.63) is 0 Å². The average Bonchev–Trinajstić information content (AvgIpc) is 2.30. The molecule has 2 fully saturated rings. The predicted molar refractivity (Wildman–Crippen MR) is 61.9 cm³/mol. The van der Waals surface area contributed by atoms with Crippen molar-refractivity contribution in [2.75, 3.05) is 20.1 Å². The van der Waals surface area contributed by atoms with E-state index in [0.29, 0.717) is 12.1 Å². The second-order valence-corrected chi connectivity index (χ2v) is 5.07. The molecular weight excluding hydrogens is 188 g/mol. The van der Waals surface area contributed by atoms with Crippen molar-refractivity contribution in [2.45, 2.75) is 56.7 Å². The van der Waals surface area contributed by atoms with Gasteiger partial charge in [0, 0.05) is 12.1 Å². The van der Waals surface area contributed by atoms with Gasteiger partial charge in [0.25, 0.3) is 0 Å². The van der Waals surface area contributed by atoms with Crippen LogP contribution in [0.1, 0.15) is 38.5 Å². The third-order valence-electron chi connectivity index (χ3n) is 4.10. The van der Waals surface area contributed by atoms with Gasteiger partial charge in [0.1, 0.15) is 0 Å². The normalized spacial score (nSPS) is 34.6. The lowest BCUT2D eigenvalue weighted by atomic mass is 9.89. The van der Waals surface area contributed by atoms with E-state index in [1.807, 2.05) is 0 Å². The van der Waals surface area contributed by atoms with Crippen LogP contribution in [0.5, 0.6) is 0 Å². The number of hydrogen-bond donors (Lipinski definition) is 2. The molecule has 2 atom stereocenters. The highest BCUT2D eigenvalue weighted by Gasteiger charge is 2.30. The van der Waals surface area contributed by atoms with Crippen LogP contribution in [0.2, 0.25) is 0 Å². The van der Waals surface area contributed by atoms with Gasteiger partial charge in [-0.25, -0.2) is 0 Å². The standard InChI is InChI=1S/C12H24N2O/c1-14(10-6-8-13-9-7-10)11-4-2-3-5-12(11)15/h10-13,15H,2-9H2,1H3. The zero-order chi connectivity index (χ0) is 10.7. The highest BCUT2D eigenvalue weighted by Crippen LogP contribution is 2.25. The monoisotopic (exact) mass is 212 g/mol. The number of likely N-dealkylation sites (N-methyl/N-ethyl adjacent to an activating group) is 1. The smallest absolute Gasteiger partial charge is 0.0695 e. The van der Waals surface area contributed by atoms with Crippen LogP contribution in [0.3, 0.4) is 0 Å². The molecule has 0 aromatic rings. The maximum absolute atomic E-state index is 10.0. The number of rotatable bonds is 2. The fraction of sp³-hybridized carbons (Fsp3) is 1.00. The summed E-state index contributed by atoms with van der Waals surface area (Å²) in [5.41, 5.74) is 0. The summed E-state index contributed by atoms with van der Waals surface area (Å²) in [5, 5.41) is 13.4. The van der Waals surface area contributed by atoms with Crippen LogP contribution >= 0.6 is 0 Å². The summed E-state index contributed by atoms with van der Waals surface area (Å²) in [7, 11) is 2.20. The molecule has 1 saturated heterocycles. The van der Waals surface area contributed by atoms with Crippen molar-refractivity contribution in [3.63, 3.8) is 0 Å². The van der Waals surface area contributed by atoms with E-state index >= 15 is 0 Å². The fourth-order valence-electron chi connectivity index (χ4n) is 3.05. The molecule has 0 bridgehead atoms. The minimum atomic E-state index is -0.0846. The fourth-order valence-corrected chi connectivity index (χ4v) is 3.05. The van der Waals surface area contributed by atoms with Crippen molar-refractivity contribution in [2.24, 2.45) is 0 Å². The van der Waals surface area contributed by atoms with Gasteiger partial charge in [-0.1, -0.05) is 12.8 Å². The van der Waals surface area contributed by atoms with Crippen LogP contribution in [-0.4, -0.2) is 48.3 Å². The molecule has 88 valence electrons. The van der Waals surface area contributed by atoms with Gasteiger partial charge in [-0.15, -0.1) is 0 Å². The van der Waals surface area contributed by atoms with Crippen LogP contribution in [-0.2, 0) is 0 Å². The lowest BCUT2D eigenvalue weighted by Gasteiger charge is -2.41. The summed E-state index contributed by atoms with van der Waals surface area (Å²) in [6, 6.07) is 1.10. The highest BCUT2D eigenvalue weighted by atomic mass is 16.3. The van der Waals surface area contributed by atoms with Crippen LogP contribution in [0, 0.1) is 0 Å². The van der Waals surface area contributed by atoms with Crippen LogP contribution in [0.25, 0.3) is 0 Å². The number of nitrogens with zero attached hydrogens (tertiary/aromatic N) is 1. The molecule has 2 unspecified atom stereocenters. The molecule has 2 aliphatic rings. The third-order valence-corrected chi connectivity index (χ3v) is 4.10. The van der Waals surface area contributed by atoms with Gasteiger partial charge in [0.2, 0.25) is 0 Å². The first-order valence-electron chi connectivity index (χ1n) is 6.40. The van der Waals surface area contributed by atoms with E-state index in [4.69, 9.17) is 0 Å². The van der Waals surface area contributed by atoms with Gasteiger partial charge < -0.3 is 10.4 Å². The molecule has 0 aromatic carbocycles. The van der Waals surface area contributed by atoms with Crippen LogP contribution in [0.4, 0.5) is 0 Å². The number of aliphatic hydroxyl groups excluding tert-OH is 1. The average molecular weight is 212 g/mol. The van der Waals surface area contributed by atoms with E-state index in [0.717, 1.165) is 19.5 Å². The molecule has 1 aliphatic heterocycles. The minimum Gasteiger partial charge on any atom is -0.391 e. The van der Waals surface area contributed by atoms with Gasteiger partial charge in [-0.3, -0.25) is 4.90 Å². The first-order valence-corrected chi connectivity index (χ1v) is 6.40. The Kier molecular flexibility index (Phi) is 4.00. The Morgan fingerprint density at radius 2 is 1.73 bits per heavy atom. The Balaban J connectivity index is 1.89. The topological polar surface area (TPSA) is 35.5 Å². The predicted octanol–water partition coefficient (Wildman–Crippen LogP) is 0.974. The van der Waals surface area contributed by atoms with Crippen molar-refractivity contribution < 1.29 is 5.11 Å². The highest BCUT2D eigenvalue weighted by molar-refractivity contribution is 4.86. The third kappa shape index (κ3) is 2.71. The lowest BCUT2D eigenvalue weighted by molar-refractivity contribution is 0.00652. The molecule has 0 spiro atoms. The Bertz CT molecular complexity index is 192. The molecule has 0 radical (unpaired) electrons. The molecule has 1 heterocycles. The van der Waals surface area contributed by atoms with Crippen molar-refractivity contribution in [1.29, 1.82) is 0 Å². The maximum atomic E-state index is 10.0. The van der Waals surface area contributed by atoms with Gasteiger partial charge in [0.15, 0.2) is 0 Å². The van der Waals surface area contributed by atoms with Crippen molar-refractivity contribution in [1.82, 2.24) is 10.2 Å². The molecule has 1 saturated carbocycles. The zero-order valence-electron chi connectivity index (χ0n) is 9.78. The Morgan fingerprint density at radius 1 is 1.07 bits per heavy atom. The van der Waals surface area contributed by atoms with Crippen LogP contribution < -0.4 is 5.32 Å². The van der Waals surface area contributed by atoms with Crippen molar-refractivity contribution >= 4 is 0 Å². The van der Waals surface area contributed by atoms with Crippen LogP contribution in [0.15, 0.2) is 0 Å². The van der Waals surface area contributed by atoms with Crippen molar-refractivity contribution in [3.8, 4) is 0 Å². The number of nitrogens with one attached hydrogen (secondary N) is 1. The molecule has 0 amide bonds. The Hall–Kier alpha value is -0.120. The van der Waals surface area contributed by atoms with E-state index in [2.05, 4.69) is 17.3 Å². The number of aliphatic hydroxyl groups is 1. The zero-order valence-corrected chi connectivity index (χ0v) is 9.78. The molecule has 15 heavy (non-hydrogen) atoms. The summed E-state index contributed by atoms with van der Waals surface area (Å²) >= 11 is 0. The maximum Gasteiger partial charge on any atom is 0.0695 e. The molecule has 1 aliphatic carbocycles. The molecule has 2 rings (SSSR count). The van der Waals surface area contributed by atoms with Gasteiger partial charge in [-0.05, 0) is 45.8 Å². The van der Waals surface area contributed by atoms with E-state index in [1.54, 1.807) is 0 Å². The Labute approximate surface area is 92.8 Å². The minimum absolute atomic E-state index is 0.0846. The first-order chi connectivity index (χ1) is 7.29. The summed E-state index contributed by atoms with van der Waals surface area (Å²) in [6.45, 7) is 2.27. The van der Waals surface area contributed by atoms with Gasteiger partial charge >= 0.3 is 0 Å². The molecule has 2 N–H and O–H groups in total.